The van der Waals surface area contributed by atoms with Gasteiger partial charge in [0.1, 0.15) is 11.5 Å². The van der Waals surface area contributed by atoms with Crippen LogP contribution >= 0.6 is 11.3 Å². The van der Waals surface area contributed by atoms with Crippen LogP contribution in [0, 0.1) is 17.9 Å². The molecule has 0 radical (unpaired) electrons. The maximum atomic E-state index is 14.7. The zero-order chi connectivity index (χ0) is 27.7. The first-order chi connectivity index (χ1) is 18.7. The van der Waals surface area contributed by atoms with Crippen LogP contribution in [-0.2, 0) is 21.3 Å². The van der Waals surface area contributed by atoms with Crippen LogP contribution < -0.4 is 14.8 Å². The number of pyridine rings is 1. The van der Waals surface area contributed by atoms with Crippen molar-refractivity contribution in [3.63, 3.8) is 0 Å². The number of methoxy groups -OCH3 is 1. The first-order valence-electron chi connectivity index (χ1n) is 11.8. The molecule has 0 spiro atoms. The fourth-order valence-electron chi connectivity index (χ4n) is 4.12. The van der Waals surface area contributed by atoms with E-state index in [4.69, 9.17) is 9.47 Å². The first kappa shape index (κ1) is 26.8. The standard InChI is InChI=1S/C26H24F2N4O5S2/c1-14-8-18(29-10-16-4-3-5-21(36-2)23(16)33)11-30-25(14)39(34,35)32-26-31-22(24(28)38-26)15-6-7-19(20(27)9-15)17-12-37-13-17/h3-9,11,17,29,33H,10,12-13H2,1-2H3,(H,31,32). The van der Waals surface area contributed by atoms with E-state index < -0.39 is 21.0 Å². The Morgan fingerprint density at radius 2 is 2.00 bits per heavy atom. The molecule has 13 heteroatoms. The van der Waals surface area contributed by atoms with E-state index in [0.717, 1.165) is 0 Å². The highest BCUT2D eigenvalue weighted by Gasteiger charge is 2.26. The van der Waals surface area contributed by atoms with E-state index in [0.29, 0.717) is 52.7 Å². The predicted molar refractivity (Wildman–Crippen MR) is 143 cm³/mol. The number of nitrogens with zero attached hydrogens (tertiary/aromatic N) is 2. The van der Waals surface area contributed by atoms with Gasteiger partial charge in [-0.15, -0.1) is 0 Å². The molecule has 39 heavy (non-hydrogen) atoms. The number of rotatable bonds is 9. The van der Waals surface area contributed by atoms with Crippen molar-refractivity contribution in [1.29, 1.82) is 0 Å². The predicted octanol–water partition coefficient (Wildman–Crippen LogP) is 5.03. The summed E-state index contributed by atoms with van der Waals surface area (Å²) in [6.07, 6.45) is 1.34. The van der Waals surface area contributed by atoms with E-state index in [1.807, 2.05) is 0 Å². The number of aromatic nitrogens is 2. The van der Waals surface area contributed by atoms with Crippen molar-refractivity contribution >= 4 is 32.2 Å². The Hall–Kier alpha value is -3.81. The van der Waals surface area contributed by atoms with Crippen LogP contribution in [0.1, 0.15) is 22.6 Å². The molecular weight excluding hydrogens is 550 g/mol. The second kappa shape index (κ2) is 10.8. The number of phenols is 1. The molecule has 2 aromatic heterocycles. The molecule has 0 bridgehead atoms. The van der Waals surface area contributed by atoms with Crippen LogP contribution in [0.25, 0.3) is 11.3 Å². The number of aromatic hydroxyl groups is 1. The number of benzene rings is 2. The van der Waals surface area contributed by atoms with Gasteiger partial charge in [0.15, 0.2) is 21.7 Å². The number of para-hydroxylation sites is 1. The van der Waals surface area contributed by atoms with Gasteiger partial charge in [-0.3, -0.25) is 4.72 Å². The molecule has 9 nitrogen and oxygen atoms in total. The third-order valence-electron chi connectivity index (χ3n) is 6.23. The third-order valence-corrected chi connectivity index (χ3v) is 8.52. The maximum absolute atomic E-state index is 14.7. The van der Waals surface area contributed by atoms with Crippen molar-refractivity contribution in [2.24, 2.45) is 0 Å². The molecule has 5 rings (SSSR count). The molecule has 0 unspecified atom stereocenters. The highest BCUT2D eigenvalue weighted by Crippen LogP contribution is 2.34. The average Bonchev–Trinajstić information content (AvgIpc) is 3.22. The Bertz CT molecular complexity index is 1640. The van der Waals surface area contributed by atoms with Gasteiger partial charge >= 0.3 is 0 Å². The van der Waals surface area contributed by atoms with Crippen LogP contribution in [0.4, 0.5) is 19.6 Å². The van der Waals surface area contributed by atoms with Gasteiger partial charge in [0.05, 0.1) is 32.2 Å². The molecule has 0 amide bonds. The number of anilines is 2. The largest absolute Gasteiger partial charge is 0.504 e. The molecule has 3 N–H and O–H groups in total. The fraction of sp³-hybridized carbons (Fsp3) is 0.231. The van der Waals surface area contributed by atoms with E-state index in [9.17, 15) is 22.3 Å². The quantitative estimate of drug-likeness (QED) is 0.254. The molecule has 1 fully saturated rings. The van der Waals surface area contributed by atoms with Crippen molar-refractivity contribution < 1.29 is 31.8 Å². The van der Waals surface area contributed by atoms with E-state index in [2.05, 4.69) is 20.0 Å². The Kier molecular flexibility index (Phi) is 7.38. The van der Waals surface area contributed by atoms with E-state index in [1.54, 1.807) is 43.3 Å². The lowest BCUT2D eigenvalue weighted by Gasteiger charge is -2.26. The lowest BCUT2D eigenvalue weighted by atomic mass is 9.95. The zero-order valence-electron chi connectivity index (χ0n) is 20.9. The second-order valence-electron chi connectivity index (χ2n) is 8.89. The molecule has 0 atom stereocenters. The summed E-state index contributed by atoms with van der Waals surface area (Å²) in [7, 11) is -2.75. The Morgan fingerprint density at radius 1 is 1.21 bits per heavy atom. The minimum atomic E-state index is -4.20. The first-order valence-corrected chi connectivity index (χ1v) is 14.1. The summed E-state index contributed by atoms with van der Waals surface area (Å²) in [6, 6.07) is 11.0. The fourth-order valence-corrected chi connectivity index (χ4v) is 6.23. The average molecular weight is 575 g/mol. The van der Waals surface area contributed by atoms with Crippen LogP contribution in [-0.4, -0.2) is 43.8 Å². The Balaban J connectivity index is 1.30. The lowest BCUT2D eigenvalue weighted by Crippen LogP contribution is -2.25. The van der Waals surface area contributed by atoms with Crippen LogP contribution in [0.2, 0.25) is 0 Å². The summed E-state index contributed by atoms with van der Waals surface area (Å²) in [6.45, 7) is 2.68. The Labute approximate surface area is 227 Å². The summed E-state index contributed by atoms with van der Waals surface area (Å²) in [4.78, 5) is 8.14. The SMILES string of the molecule is COc1cccc(CNc2cnc(S(=O)(=O)Nc3nc(-c4ccc(C5COC5)c(F)c4)c(F)s3)c(C)c2)c1O. The van der Waals surface area contributed by atoms with E-state index in [1.165, 1.54) is 19.4 Å². The highest BCUT2D eigenvalue weighted by atomic mass is 32.2. The highest BCUT2D eigenvalue weighted by molar-refractivity contribution is 7.92. The minimum absolute atomic E-state index is 0.00211. The van der Waals surface area contributed by atoms with Crippen molar-refractivity contribution in [2.45, 2.75) is 24.4 Å². The van der Waals surface area contributed by atoms with Crippen LogP contribution in [0.5, 0.6) is 11.5 Å². The van der Waals surface area contributed by atoms with Gasteiger partial charge in [0.2, 0.25) is 5.13 Å². The summed E-state index contributed by atoms with van der Waals surface area (Å²) in [5.74, 6) is -0.190. The number of ether oxygens (including phenoxy) is 2. The van der Waals surface area contributed by atoms with Crippen molar-refractivity contribution in [1.82, 2.24) is 9.97 Å². The molecule has 1 aliphatic heterocycles. The monoisotopic (exact) mass is 574 g/mol. The van der Waals surface area contributed by atoms with Gasteiger partial charge in [0, 0.05) is 23.6 Å². The number of sulfonamides is 1. The van der Waals surface area contributed by atoms with Gasteiger partial charge in [0.25, 0.3) is 10.0 Å². The normalized spacial score (nSPS) is 13.6. The second-order valence-corrected chi connectivity index (χ2v) is 11.4. The Morgan fingerprint density at radius 3 is 2.67 bits per heavy atom. The number of phenolic OH excluding ortho intramolecular Hbond substituents is 1. The molecule has 3 heterocycles. The maximum Gasteiger partial charge on any atom is 0.281 e. The molecule has 4 aromatic rings. The molecule has 0 saturated carbocycles. The number of halogens is 2. The van der Waals surface area contributed by atoms with Crippen LogP contribution in [0.3, 0.4) is 0 Å². The van der Waals surface area contributed by atoms with Gasteiger partial charge in [-0.1, -0.05) is 35.6 Å². The van der Waals surface area contributed by atoms with Gasteiger partial charge in [-0.25, -0.2) is 14.4 Å². The molecule has 2 aromatic carbocycles. The summed E-state index contributed by atoms with van der Waals surface area (Å²) in [5.41, 5.74) is 1.97. The van der Waals surface area contributed by atoms with Gasteiger partial charge in [-0.05, 0) is 36.2 Å². The van der Waals surface area contributed by atoms with Crippen molar-refractivity contribution in [2.75, 3.05) is 30.4 Å². The zero-order valence-corrected chi connectivity index (χ0v) is 22.5. The number of hydrogen-bond acceptors (Lipinski definition) is 9. The molecule has 0 aliphatic carbocycles. The van der Waals surface area contributed by atoms with Crippen molar-refractivity contribution in [3.05, 3.63) is 76.3 Å². The van der Waals surface area contributed by atoms with Crippen molar-refractivity contribution in [3.8, 4) is 22.8 Å². The third kappa shape index (κ3) is 5.51. The summed E-state index contributed by atoms with van der Waals surface area (Å²) >= 11 is 0.497. The lowest BCUT2D eigenvalue weighted by molar-refractivity contribution is 0.00704. The number of thiazole rings is 1. The van der Waals surface area contributed by atoms with E-state index >= 15 is 0 Å². The molecule has 204 valence electrons. The molecule has 1 aliphatic rings. The van der Waals surface area contributed by atoms with Gasteiger partial charge in [-0.2, -0.15) is 12.8 Å². The smallest absolute Gasteiger partial charge is 0.281 e. The topological polar surface area (TPSA) is 123 Å². The molecule has 1 saturated heterocycles. The summed E-state index contributed by atoms with van der Waals surface area (Å²) in [5, 5.41) is 12.1. The summed E-state index contributed by atoms with van der Waals surface area (Å²) < 4.78 is 67.8. The minimum Gasteiger partial charge on any atom is -0.504 e. The van der Waals surface area contributed by atoms with Gasteiger partial charge < -0.3 is 19.9 Å². The van der Waals surface area contributed by atoms with E-state index in [-0.39, 0.29) is 39.6 Å². The number of hydrogen-bond donors (Lipinski definition) is 3. The number of nitrogens with one attached hydrogen (secondary N) is 2. The molecular formula is C26H24F2N4O5S2. The number of aryl methyl sites for hydroxylation is 1. The van der Waals surface area contributed by atoms with Crippen LogP contribution in [0.15, 0.2) is 53.7 Å².